The zero-order valence-corrected chi connectivity index (χ0v) is 11.1. The molecule has 0 aliphatic heterocycles. The third-order valence-corrected chi connectivity index (χ3v) is 4.18. The van der Waals surface area contributed by atoms with Gasteiger partial charge in [-0.25, -0.2) is 4.39 Å². The van der Waals surface area contributed by atoms with E-state index in [0.29, 0.717) is 5.41 Å². The Labute approximate surface area is 105 Å². The number of rotatable bonds is 4. The van der Waals surface area contributed by atoms with Crippen LogP contribution in [0.2, 0.25) is 0 Å². The van der Waals surface area contributed by atoms with Gasteiger partial charge in [-0.2, -0.15) is 0 Å². The van der Waals surface area contributed by atoms with E-state index in [1.807, 2.05) is 6.07 Å². The van der Waals surface area contributed by atoms with Crippen LogP contribution < -0.4 is 5.32 Å². The van der Waals surface area contributed by atoms with Crippen LogP contribution in [0.15, 0.2) is 22.7 Å². The highest BCUT2D eigenvalue weighted by molar-refractivity contribution is 9.10. The maximum atomic E-state index is 12.9. The lowest BCUT2D eigenvalue weighted by atomic mass is 9.70. The Morgan fingerprint density at radius 1 is 1.44 bits per heavy atom. The molecule has 16 heavy (non-hydrogen) atoms. The molecule has 0 aromatic heterocycles. The van der Waals surface area contributed by atoms with Crippen LogP contribution in [0.3, 0.4) is 0 Å². The van der Waals surface area contributed by atoms with Gasteiger partial charge in [0.25, 0.3) is 0 Å². The zero-order chi connectivity index (χ0) is 11.6. The molecule has 1 fully saturated rings. The van der Waals surface area contributed by atoms with Crippen LogP contribution in [0.5, 0.6) is 0 Å². The Morgan fingerprint density at radius 3 is 2.75 bits per heavy atom. The van der Waals surface area contributed by atoms with Crippen molar-refractivity contribution in [2.45, 2.75) is 32.7 Å². The summed E-state index contributed by atoms with van der Waals surface area (Å²) in [5.41, 5.74) is 1.61. The van der Waals surface area contributed by atoms with Gasteiger partial charge in [-0.05, 0) is 36.0 Å². The van der Waals surface area contributed by atoms with Gasteiger partial charge in [-0.15, -0.1) is 0 Å². The molecule has 1 aliphatic rings. The van der Waals surface area contributed by atoms with Crippen molar-refractivity contribution in [1.82, 2.24) is 5.32 Å². The van der Waals surface area contributed by atoms with E-state index in [9.17, 15) is 4.39 Å². The molecule has 0 atom stereocenters. The van der Waals surface area contributed by atoms with Crippen LogP contribution >= 0.6 is 15.9 Å². The number of halogens is 2. The average Bonchev–Trinajstić information content (AvgIpc) is 2.19. The van der Waals surface area contributed by atoms with Crippen molar-refractivity contribution in [3.8, 4) is 0 Å². The summed E-state index contributed by atoms with van der Waals surface area (Å²) in [6.07, 6.45) is 4.01. The lowest BCUT2D eigenvalue weighted by Crippen LogP contribution is -2.37. The predicted molar refractivity (Wildman–Crippen MR) is 67.8 cm³/mol. The van der Waals surface area contributed by atoms with Crippen LogP contribution in [0, 0.1) is 11.2 Å². The van der Waals surface area contributed by atoms with E-state index < -0.39 is 0 Å². The highest BCUT2D eigenvalue weighted by Gasteiger charge is 2.30. The second kappa shape index (κ2) is 4.84. The molecule has 0 radical (unpaired) electrons. The summed E-state index contributed by atoms with van der Waals surface area (Å²) in [4.78, 5) is 0. The van der Waals surface area contributed by atoms with Gasteiger partial charge >= 0.3 is 0 Å². The lowest BCUT2D eigenvalue weighted by Gasteiger charge is -2.38. The SMILES string of the molecule is CC1(CNCc2ccc(F)cc2Br)CCC1. The molecule has 1 aromatic rings. The molecule has 1 aromatic carbocycles. The Morgan fingerprint density at radius 2 is 2.19 bits per heavy atom. The molecule has 1 saturated carbocycles. The van der Waals surface area contributed by atoms with Crippen LogP contribution in [0.1, 0.15) is 31.7 Å². The smallest absolute Gasteiger partial charge is 0.124 e. The fraction of sp³-hybridized carbons (Fsp3) is 0.538. The Hall–Kier alpha value is -0.410. The largest absolute Gasteiger partial charge is 0.312 e. The van der Waals surface area contributed by atoms with Gasteiger partial charge < -0.3 is 5.32 Å². The molecule has 0 bridgehead atoms. The number of hydrogen-bond acceptors (Lipinski definition) is 1. The van der Waals surface area contributed by atoms with Crippen molar-refractivity contribution >= 4 is 15.9 Å². The first-order valence-corrected chi connectivity index (χ1v) is 6.53. The highest BCUT2D eigenvalue weighted by atomic mass is 79.9. The van der Waals surface area contributed by atoms with Crippen LogP contribution in [0.4, 0.5) is 4.39 Å². The monoisotopic (exact) mass is 285 g/mol. The van der Waals surface area contributed by atoms with Crippen LogP contribution in [-0.2, 0) is 6.54 Å². The number of hydrogen-bond donors (Lipinski definition) is 1. The fourth-order valence-corrected chi connectivity index (χ4v) is 2.61. The minimum atomic E-state index is -0.193. The van der Waals surface area contributed by atoms with E-state index in [1.54, 1.807) is 0 Å². The number of nitrogens with one attached hydrogen (secondary N) is 1. The molecule has 88 valence electrons. The third-order valence-electron chi connectivity index (χ3n) is 3.44. The van der Waals surface area contributed by atoms with Crippen molar-refractivity contribution in [3.63, 3.8) is 0 Å². The summed E-state index contributed by atoms with van der Waals surface area (Å²) in [6, 6.07) is 4.85. The topological polar surface area (TPSA) is 12.0 Å². The summed E-state index contributed by atoms with van der Waals surface area (Å²) in [7, 11) is 0. The van der Waals surface area contributed by atoms with Crippen LogP contribution in [0.25, 0.3) is 0 Å². The van der Waals surface area contributed by atoms with Gasteiger partial charge in [0.2, 0.25) is 0 Å². The predicted octanol–water partition coefficient (Wildman–Crippen LogP) is 3.87. The van der Waals surface area contributed by atoms with E-state index in [0.717, 1.165) is 23.1 Å². The highest BCUT2D eigenvalue weighted by Crippen LogP contribution is 2.39. The van der Waals surface area contributed by atoms with Gasteiger partial charge in [0.05, 0.1) is 0 Å². The second-order valence-corrected chi connectivity index (χ2v) is 5.86. The lowest BCUT2D eigenvalue weighted by molar-refractivity contribution is 0.156. The normalized spacial score (nSPS) is 18.2. The molecule has 0 spiro atoms. The van der Waals surface area contributed by atoms with Gasteiger partial charge in [-0.1, -0.05) is 35.3 Å². The molecular weight excluding hydrogens is 269 g/mol. The second-order valence-electron chi connectivity index (χ2n) is 5.00. The fourth-order valence-electron chi connectivity index (χ4n) is 2.12. The molecule has 0 amide bonds. The van der Waals surface area contributed by atoms with Crippen molar-refractivity contribution < 1.29 is 4.39 Å². The van der Waals surface area contributed by atoms with Gasteiger partial charge in [0.15, 0.2) is 0 Å². The quantitative estimate of drug-likeness (QED) is 0.886. The molecule has 3 heteroatoms. The van der Waals surface area contributed by atoms with Gasteiger partial charge in [-0.3, -0.25) is 0 Å². The Kier molecular flexibility index (Phi) is 3.65. The molecule has 0 saturated heterocycles. The standard InChI is InChI=1S/C13H17BrFN/c1-13(5-2-6-13)9-16-8-10-3-4-11(15)7-12(10)14/h3-4,7,16H,2,5-6,8-9H2,1H3. The first kappa shape index (κ1) is 12.1. The van der Waals surface area contributed by atoms with E-state index in [1.165, 1.54) is 31.4 Å². The summed E-state index contributed by atoms with van der Waals surface area (Å²) < 4.78 is 13.7. The Bertz CT molecular complexity index is 374. The molecule has 1 aliphatic carbocycles. The van der Waals surface area contributed by atoms with E-state index >= 15 is 0 Å². The molecule has 1 nitrogen and oxygen atoms in total. The zero-order valence-electron chi connectivity index (χ0n) is 9.52. The van der Waals surface area contributed by atoms with Crippen molar-refractivity contribution in [2.24, 2.45) is 5.41 Å². The Balaban J connectivity index is 1.85. The first-order valence-electron chi connectivity index (χ1n) is 5.74. The molecule has 2 rings (SSSR count). The van der Waals surface area contributed by atoms with Gasteiger partial charge in [0.1, 0.15) is 5.82 Å². The number of benzene rings is 1. The minimum Gasteiger partial charge on any atom is -0.312 e. The van der Waals surface area contributed by atoms with Crippen LogP contribution in [-0.4, -0.2) is 6.54 Å². The third kappa shape index (κ3) is 2.83. The minimum absolute atomic E-state index is 0.193. The van der Waals surface area contributed by atoms with Crippen molar-refractivity contribution in [2.75, 3.05) is 6.54 Å². The van der Waals surface area contributed by atoms with Crippen molar-refractivity contribution in [3.05, 3.63) is 34.1 Å². The molecular formula is C13H17BrFN. The molecule has 1 N–H and O–H groups in total. The average molecular weight is 286 g/mol. The van der Waals surface area contributed by atoms with E-state index in [4.69, 9.17) is 0 Å². The van der Waals surface area contributed by atoms with E-state index in [2.05, 4.69) is 28.2 Å². The molecule has 0 unspecified atom stereocenters. The maximum absolute atomic E-state index is 12.9. The summed E-state index contributed by atoms with van der Waals surface area (Å²) in [6.45, 7) is 4.18. The van der Waals surface area contributed by atoms with E-state index in [-0.39, 0.29) is 5.82 Å². The molecule has 0 heterocycles. The summed E-state index contributed by atoms with van der Waals surface area (Å²) >= 11 is 3.38. The first-order chi connectivity index (χ1) is 7.59. The summed E-state index contributed by atoms with van der Waals surface area (Å²) in [5, 5.41) is 3.45. The summed E-state index contributed by atoms with van der Waals surface area (Å²) in [5.74, 6) is -0.193. The van der Waals surface area contributed by atoms with Crippen molar-refractivity contribution in [1.29, 1.82) is 0 Å². The van der Waals surface area contributed by atoms with Gasteiger partial charge in [0, 0.05) is 17.6 Å². The maximum Gasteiger partial charge on any atom is 0.124 e.